The molecule has 0 nitrogen and oxygen atoms in total. The van der Waals surface area contributed by atoms with Crippen molar-refractivity contribution in [2.24, 2.45) is 5.92 Å². The van der Waals surface area contributed by atoms with Gasteiger partial charge in [0, 0.05) is 0 Å². The normalized spacial score (nSPS) is 12.2. The molecule has 0 aromatic carbocycles. The van der Waals surface area contributed by atoms with E-state index < -0.39 is 0 Å². The van der Waals surface area contributed by atoms with Gasteiger partial charge in [-0.2, -0.15) is 22.4 Å². The third-order valence-electron chi connectivity index (χ3n) is 1.77. The van der Waals surface area contributed by atoms with Crippen LogP contribution >= 0.6 is 22.4 Å². The van der Waals surface area contributed by atoms with Gasteiger partial charge in [-0.3, -0.25) is 0 Å². The third-order valence-corrected chi connectivity index (χ3v) is 3.37. The predicted octanol–water partition coefficient (Wildman–Crippen LogP) is 2.90. The fourth-order valence-corrected chi connectivity index (χ4v) is 0.845. The van der Waals surface area contributed by atoms with E-state index in [1.807, 2.05) is 0 Å². The van der Waals surface area contributed by atoms with Crippen LogP contribution in [0.2, 0.25) is 5.31 Å². The molecule has 0 aromatic heterocycles. The minimum Gasteiger partial charge on any atom is -0.158 e. The quantitative estimate of drug-likeness (QED) is 0.498. The van der Waals surface area contributed by atoms with Gasteiger partial charge in [0.25, 0.3) is 0 Å². The number of rotatable bonds is 2. The summed E-state index contributed by atoms with van der Waals surface area (Å²) in [6.45, 7) is 9.00. The van der Waals surface area contributed by atoms with Crippen molar-refractivity contribution >= 4 is 27.5 Å². The van der Waals surface area contributed by atoms with Crippen molar-refractivity contribution in [2.75, 3.05) is 0 Å². The van der Waals surface area contributed by atoms with Gasteiger partial charge >= 0.3 is 0 Å². The second-order valence-corrected chi connectivity index (χ2v) is 3.71. The molecule has 8 heavy (non-hydrogen) atoms. The van der Waals surface area contributed by atoms with Crippen molar-refractivity contribution in [3.05, 3.63) is 0 Å². The van der Waals surface area contributed by atoms with E-state index in [0.29, 0.717) is 5.31 Å². The first-order valence-electron chi connectivity index (χ1n) is 2.95. The van der Waals surface area contributed by atoms with Crippen LogP contribution in [0, 0.1) is 5.92 Å². The molecule has 2 heteroatoms. The van der Waals surface area contributed by atoms with E-state index in [1.165, 1.54) is 0 Å². The molecule has 47 valence electrons. The van der Waals surface area contributed by atoms with Crippen LogP contribution in [0.3, 0.4) is 0 Å². The largest absolute Gasteiger partial charge is 0.206 e. The topological polar surface area (TPSA) is 0 Å². The Kier molecular flexibility index (Phi) is 3.40. The molecule has 0 aromatic rings. The Labute approximate surface area is 66.5 Å². The van der Waals surface area contributed by atoms with E-state index in [4.69, 9.17) is 0 Å². The molecule has 0 spiro atoms. The predicted molar refractivity (Wildman–Crippen MR) is 48.7 cm³/mol. The summed E-state index contributed by atoms with van der Waals surface area (Å²) in [4.78, 5) is 0. The molecule has 0 fully saturated rings. The standard InChI is InChI=1S/C6H13BI/c1-5(2)6(3,4)7-8/h5H,1-4H3. The lowest BCUT2D eigenvalue weighted by atomic mass is 9.65. The van der Waals surface area contributed by atoms with Crippen molar-refractivity contribution in [3.63, 3.8) is 0 Å². The van der Waals surface area contributed by atoms with Crippen LogP contribution in [-0.4, -0.2) is 5.14 Å². The highest BCUT2D eigenvalue weighted by Gasteiger charge is 2.20. The molecule has 0 amide bonds. The van der Waals surface area contributed by atoms with Crippen molar-refractivity contribution in [3.8, 4) is 0 Å². The first kappa shape index (κ1) is 8.79. The zero-order valence-corrected chi connectivity index (χ0v) is 8.19. The minimum atomic E-state index is 0.403. The second-order valence-electron chi connectivity index (χ2n) is 3.09. The summed E-state index contributed by atoms with van der Waals surface area (Å²) < 4.78 is 0. The van der Waals surface area contributed by atoms with Crippen molar-refractivity contribution in [1.29, 1.82) is 0 Å². The zero-order chi connectivity index (χ0) is 6.78. The van der Waals surface area contributed by atoms with Gasteiger partial charge in [0.1, 0.15) is 0 Å². The molecule has 0 heterocycles. The summed E-state index contributed by atoms with van der Waals surface area (Å²) in [6.07, 6.45) is 0. The van der Waals surface area contributed by atoms with Crippen LogP contribution in [0.15, 0.2) is 0 Å². The maximum atomic E-state index is 2.32. The van der Waals surface area contributed by atoms with Gasteiger partial charge in [0.05, 0.1) is 0 Å². The van der Waals surface area contributed by atoms with Gasteiger partial charge in [-0.25, -0.2) is 0 Å². The van der Waals surface area contributed by atoms with Gasteiger partial charge in [-0.05, 0) is 11.2 Å². The molecule has 0 bridgehead atoms. The highest BCUT2D eigenvalue weighted by atomic mass is 127. The van der Waals surface area contributed by atoms with Gasteiger partial charge < -0.3 is 0 Å². The van der Waals surface area contributed by atoms with Crippen LogP contribution in [0.25, 0.3) is 0 Å². The Morgan fingerprint density at radius 1 is 1.38 bits per heavy atom. The summed E-state index contributed by atoms with van der Waals surface area (Å²) >= 11 is 2.32. The SMILES string of the molecule is CC(C)C(C)(C)[B]I. The van der Waals surface area contributed by atoms with Crippen LogP contribution in [0.5, 0.6) is 0 Å². The first-order valence-corrected chi connectivity index (χ1v) is 4.20. The Balaban J connectivity index is 3.71. The molecule has 0 saturated heterocycles. The molecule has 0 rings (SSSR count). The van der Waals surface area contributed by atoms with Gasteiger partial charge in [0.15, 0.2) is 0 Å². The lowest BCUT2D eigenvalue weighted by Gasteiger charge is -2.25. The Morgan fingerprint density at radius 2 is 1.75 bits per heavy atom. The fraction of sp³-hybridized carbons (Fsp3) is 1.00. The molecule has 0 unspecified atom stereocenters. The van der Waals surface area contributed by atoms with E-state index in [2.05, 4.69) is 55.2 Å². The van der Waals surface area contributed by atoms with Gasteiger partial charge in [-0.1, -0.05) is 27.7 Å². The molecular formula is C6H13BI. The van der Waals surface area contributed by atoms with Crippen LogP contribution in [-0.2, 0) is 0 Å². The maximum absolute atomic E-state index is 2.32. The van der Waals surface area contributed by atoms with Crippen molar-refractivity contribution in [2.45, 2.75) is 33.0 Å². The Hall–Kier alpha value is 0.795. The summed E-state index contributed by atoms with van der Waals surface area (Å²) in [5.41, 5.74) is 0. The zero-order valence-electron chi connectivity index (χ0n) is 6.03. The molecule has 0 aliphatic heterocycles. The highest BCUT2D eigenvalue weighted by Crippen LogP contribution is 2.33. The van der Waals surface area contributed by atoms with E-state index in [-0.39, 0.29) is 0 Å². The molecule has 0 saturated carbocycles. The van der Waals surface area contributed by atoms with E-state index >= 15 is 0 Å². The summed E-state index contributed by atoms with van der Waals surface area (Å²) in [7, 11) is 0. The van der Waals surface area contributed by atoms with Crippen molar-refractivity contribution in [1.82, 2.24) is 0 Å². The maximum Gasteiger partial charge on any atom is 0.206 e. The average molecular weight is 223 g/mol. The highest BCUT2D eigenvalue weighted by molar-refractivity contribution is 14.1. The summed E-state index contributed by atoms with van der Waals surface area (Å²) in [5.74, 6) is 0.749. The molecule has 0 N–H and O–H groups in total. The molecule has 0 aliphatic rings. The molecule has 0 atom stereocenters. The fourth-order valence-electron chi connectivity index (χ4n) is 0.126. The Morgan fingerprint density at radius 3 is 1.75 bits per heavy atom. The Bertz CT molecular complexity index is 68.9. The van der Waals surface area contributed by atoms with Gasteiger partial charge in [0.2, 0.25) is 5.14 Å². The lowest BCUT2D eigenvalue weighted by Crippen LogP contribution is -2.14. The number of hydrogen-bond donors (Lipinski definition) is 0. The summed E-state index contributed by atoms with van der Waals surface area (Å²) in [5, 5.41) is 2.63. The smallest absolute Gasteiger partial charge is 0.158 e. The lowest BCUT2D eigenvalue weighted by molar-refractivity contribution is 0.480. The summed E-state index contributed by atoms with van der Waals surface area (Å²) in [6, 6.07) is 0. The number of hydrogen-bond acceptors (Lipinski definition) is 0. The van der Waals surface area contributed by atoms with E-state index in [0.717, 1.165) is 5.92 Å². The van der Waals surface area contributed by atoms with Gasteiger partial charge in [-0.15, -0.1) is 0 Å². The van der Waals surface area contributed by atoms with Crippen LogP contribution in [0.4, 0.5) is 0 Å². The first-order chi connectivity index (χ1) is 3.50. The minimum absolute atomic E-state index is 0.403. The molecule has 0 aliphatic carbocycles. The number of halogens is 1. The average Bonchev–Trinajstić information content (AvgIpc) is 1.67. The van der Waals surface area contributed by atoms with E-state index in [9.17, 15) is 0 Å². The van der Waals surface area contributed by atoms with Crippen LogP contribution < -0.4 is 0 Å². The van der Waals surface area contributed by atoms with Crippen molar-refractivity contribution < 1.29 is 0 Å². The monoisotopic (exact) mass is 223 g/mol. The van der Waals surface area contributed by atoms with Crippen LogP contribution in [0.1, 0.15) is 27.7 Å². The van der Waals surface area contributed by atoms with E-state index in [1.54, 1.807) is 0 Å². The molecular weight excluding hydrogens is 210 g/mol. The molecule has 1 radical (unpaired) electrons. The second kappa shape index (κ2) is 3.09. The third kappa shape index (κ3) is 2.38.